The number of ether oxygens (including phenoxy) is 1. The minimum Gasteiger partial charge on any atom is -0.383 e. The maximum Gasteiger partial charge on any atom is 0.141 e. The van der Waals surface area contributed by atoms with Gasteiger partial charge in [-0.05, 0) is 12.1 Å². The second-order valence-corrected chi connectivity index (χ2v) is 3.50. The van der Waals surface area contributed by atoms with E-state index in [1.165, 1.54) is 12.3 Å². The van der Waals surface area contributed by atoms with Gasteiger partial charge in [-0.25, -0.2) is 9.37 Å². The smallest absolute Gasteiger partial charge is 0.141 e. The number of aromatic nitrogens is 1. The highest BCUT2D eigenvalue weighted by atomic mass is 19.1. The predicted octanol–water partition coefficient (Wildman–Crippen LogP) is 0.893. The number of pyridine rings is 1. The van der Waals surface area contributed by atoms with E-state index in [1.807, 2.05) is 11.9 Å². The average molecular weight is 227 g/mol. The highest BCUT2D eigenvalue weighted by Crippen LogP contribution is 2.07. The van der Waals surface area contributed by atoms with Gasteiger partial charge in [0.2, 0.25) is 0 Å². The first-order valence-electron chi connectivity index (χ1n) is 5.26. The van der Waals surface area contributed by atoms with Gasteiger partial charge < -0.3 is 15.0 Å². The second kappa shape index (κ2) is 7.14. The van der Waals surface area contributed by atoms with Crippen molar-refractivity contribution in [1.82, 2.24) is 10.3 Å². The zero-order valence-corrected chi connectivity index (χ0v) is 9.74. The largest absolute Gasteiger partial charge is 0.383 e. The predicted molar refractivity (Wildman–Crippen MR) is 62.2 cm³/mol. The van der Waals surface area contributed by atoms with E-state index in [4.69, 9.17) is 4.74 Å². The van der Waals surface area contributed by atoms with Gasteiger partial charge in [0.25, 0.3) is 0 Å². The SMILES string of the molecule is COCCNCCN(C)c1ccc(F)cn1. The molecule has 0 aromatic carbocycles. The zero-order valence-electron chi connectivity index (χ0n) is 9.74. The van der Waals surface area contributed by atoms with E-state index in [-0.39, 0.29) is 5.82 Å². The van der Waals surface area contributed by atoms with E-state index in [0.29, 0.717) is 6.61 Å². The quantitative estimate of drug-likeness (QED) is 0.702. The van der Waals surface area contributed by atoms with Gasteiger partial charge in [-0.2, -0.15) is 0 Å². The van der Waals surface area contributed by atoms with Gasteiger partial charge in [0.1, 0.15) is 11.6 Å². The highest BCUT2D eigenvalue weighted by Gasteiger charge is 2.01. The molecule has 0 spiro atoms. The minimum atomic E-state index is -0.310. The van der Waals surface area contributed by atoms with Crippen molar-refractivity contribution >= 4 is 5.82 Å². The van der Waals surface area contributed by atoms with Gasteiger partial charge in [0, 0.05) is 33.8 Å². The zero-order chi connectivity index (χ0) is 11.8. The number of methoxy groups -OCH3 is 1. The third-order valence-corrected chi connectivity index (χ3v) is 2.21. The lowest BCUT2D eigenvalue weighted by Crippen LogP contribution is -2.31. The molecule has 1 heterocycles. The summed E-state index contributed by atoms with van der Waals surface area (Å²) >= 11 is 0. The van der Waals surface area contributed by atoms with Crippen LogP contribution >= 0.6 is 0 Å². The standard InChI is InChI=1S/C11H18FN3O/c1-15(7-5-13-6-8-16-2)11-4-3-10(12)9-14-11/h3-4,9,13H,5-8H2,1-2H3. The Kier molecular flexibility index (Phi) is 5.74. The van der Waals surface area contributed by atoms with Crippen LogP contribution in [0.5, 0.6) is 0 Å². The molecule has 0 aliphatic rings. The summed E-state index contributed by atoms with van der Waals surface area (Å²) in [7, 11) is 3.61. The summed E-state index contributed by atoms with van der Waals surface area (Å²) in [5.74, 6) is 0.463. The van der Waals surface area contributed by atoms with Crippen LogP contribution in [0.3, 0.4) is 0 Å². The van der Waals surface area contributed by atoms with Gasteiger partial charge in [-0.1, -0.05) is 0 Å². The first-order chi connectivity index (χ1) is 7.74. The third kappa shape index (κ3) is 4.55. The maximum absolute atomic E-state index is 12.6. The molecular formula is C11H18FN3O. The lowest BCUT2D eigenvalue weighted by molar-refractivity contribution is 0.200. The van der Waals surface area contributed by atoms with Crippen molar-refractivity contribution in [1.29, 1.82) is 0 Å². The summed E-state index contributed by atoms with van der Waals surface area (Å²) < 4.78 is 17.6. The molecule has 0 saturated carbocycles. The lowest BCUT2D eigenvalue weighted by Gasteiger charge is -2.18. The van der Waals surface area contributed by atoms with Gasteiger partial charge in [-0.15, -0.1) is 0 Å². The molecular weight excluding hydrogens is 209 g/mol. The Labute approximate surface area is 95.4 Å². The normalized spacial score (nSPS) is 10.4. The van der Waals surface area contributed by atoms with Crippen LogP contribution in [0.1, 0.15) is 0 Å². The van der Waals surface area contributed by atoms with Crippen molar-refractivity contribution in [3.05, 3.63) is 24.1 Å². The monoisotopic (exact) mass is 227 g/mol. The number of hydrogen-bond donors (Lipinski definition) is 1. The Balaban J connectivity index is 2.24. The van der Waals surface area contributed by atoms with E-state index in [9.17, 15) is 4.39 Å². The Morgan fingerprint density at radius 3 is 2.88 bits per heavy atom. The van der Waals surface area contributed by atoms with Crippen molar-refractivity contribution in [3.8, 4) is 0 Å². The van der Waals surface area contributed by atoms with Crippen LogP contribution < -0.4 is 10.2 Å². The summed E-state index contributed by atoms with van der Waals surface area (Å²) in [6.07, 6.45) is 1.23. The molecule has 90 valence electrons. The average Bonchev–Trinajstić information content (AvgIpc) is 2.29. The van der Waals surface area contributed by atoms with Crippen molar-refractivity contribution in [3.63, 3.8) is 0 Å². The molecule has 0 radical (unpaired) electrons. The van der Waals surface area contributed by atoms with Gasteiger partial charge in [-0.3, -0.25) is 0 Å². The molecule has 4 nitrogen and oxygen atoms in total. The van der Waals surface area contributed by atoms with Gasteiger partial charge >= 0.3 is 0 Å². The van der Waals surface area contributed by atoms with Gasteiger partial charge in [0.05, 0.1) is 12.8 Å². The third-order valence-electron chi connectivity index (χ3n) is 2.21. The second-order valence-electron chi connectivity index (χ2n) is 3.50. The summed E-state index contributed by atoms with van der Waals surface area (Å²) in [5, 5.41) is 3.23. The number of anilines is 1. The summed E-state index contributed by atoms with van der Waals surface area (Å²) in [6, 6.07) is 3.08. The van der Waals surface area contributed by atoms with Crippen LogP contribution in [0.2, 0.25) is 0 Å². The maximum atomic E-state index is 12.6. The molecule has 0 atom stereocenters. The Bertz CT molecular complexity index is 292. The topological polar surface area (TPSA) is 37.4 Å². The molecule has 16 heavy (non-hydrogen) atoms. The molecule has 0 amide bonds. The number of likely N-dealkylation sites (N-methyl/N-ethyl adjacent to an activating group) is 1. The van der Waals surface area contributed by atoms with Crippen LogP contribution in [-0.2, 0) is 4.74 Å². The Morgan fingerprint density at radius 2 is 2.25 bits per heavy atom. The molecule has 0 bridgehead atoms. The molecule has 5 heteroatoms. The molecule has 0 aliphatic heterocycles. The van der Waals surface area contributed by atoms with E-state index in [2.05, 4.69) is 10.3 Å². The molecule has 0 saturated heterocycles. The van der Waals surface area contributed by atoms with Crippen LogP contribution in [0.4, 0.5) is 10.2 Å². The Morgan fingerprint density at radius 1 is 1.44 bits per heavy atom. The van der Waals surface area contributed by atoms with Crippen LogP contribution in [0.25, 0.3) is 0 Å². The molecule has 0 fully saturated rings. The first kappa shape index (κ1) is 12.9. The van der Waals surface area contributed by atoms with E-state index >= 15 is 0 Å². The number of nitrogens with one attached hydrogen (secondary N) is 1. The van der Waals surface area contributed by atoms with Crippen molar-refractivity contribution in [2.45, 2.75) is 0 Å². The minimum absolute atomic E-state index is 0.310. The number of halogens is 1. The summed E-state index contributed by atoms with van der Waals surface area (Å²) in [6.45, 7) is 3.21. The van der Waals surface area contributed by atoms with E-state index < -0.39 is 0 Å². The molecule has 1 rings (SSSR count). The first-order valence-corrected chi connectivity index (χ1v) is 5.26. The highest BCUT2D eigenvalue weighted by molar-refractivity contribution is 5.36. The molecule has 1 aromatic heterocycles. The Hall–Kier alpha value is -1.20. The van der Waals surface area contributed by atoms with Crippen LogP contribution in [0, 0.1) is 5.82 Å². The number of nitrogens with zero attached hydrogens (tertiary/aromatic N) is 2. The lowest BCUT2D eigenvalue weighted by atomic mass is 10.4. The fourth-order valence-electron chi connectivity index (χ4n) is 1.25. The summed E-state index contributed by atoms with van der Waals surface area (Å²) in [4.78, 5) is 5.96. The number of rotatable bonds is 7. The number of hydrogen-bond acceptors (Lipinski definition) is 4. The van der Waals surface area contributed by atoms with Crippen LogP contribution in [0.15, 0.2) is 18.3 Å². The molecule has 0 unspecified atom stereocenters. The van der Waals surface area contributed by atoms with Gasteiger partial charge in [0.15, 0.2) is 0 Å². The van der Waals surface area contributed by atoms with Crippen molar-refractivity contribution < 1.29 is 9.13 Å². The van der Waals surface area contributed by atoms with Crippen molar-refractivity contribution in [2.24, 2.45) is 0 Å². The fourth-order valence-corrected chi connectivity index (χ4v) is 1.25. The van der Waals surface area contributed by atoms with Crippen molar-refractivity contribution in [2.75, 3.05) is 45.3 Å². The summed E-state index contributed by atoms with van der Waals surface area (Å²) in [5.41, 5.74) is 0. The molecule has 0 aliphatic carbocycles. The molecule has 1 N–H and O–H groups in total. The van der Waals surface area contributed by atoms with E-state index in [1.54, 1.807) is 13.2 Å². The van der Waals surface area contributed by atoms with E-state index in [0.717, 1.165) is 25.5 Å². The van der Waals surface area contributed by atoms with Crippen LogP contribution in [-0.4, -0.2) is 45.4 Å². The fraction of sp³-hybridized carbons (Fsp3) is 0.545. The molecule has 1 aromatic rings.